The van der Waals surface area contributed by atoms with Crippen molar-refractivity contribution in [1.29, 1.82) is 0 Å². The molecule has 1 aromatic carbocycles. The minimum atomic E-state index is -0.501. The van der Waals surface area contributed by atoms with Gasteiger partial charge in [-0.3, -0.25) is 0 Å². The molecule has 2 unspecified atom stereocenters. The van der Waals surface area contributed by atoms with Gasteiger partial charge in [-0.05, 0) is 24.1 Å². The molecule has 0 saturated carbocycles. The summed E-state index contributed by atoms with van der Waals surface area (Å²) in [5.74, 6) is 0. The maximum atomic E-state index is 10.5. The highest BCUT2D eigenvalue weighted by Crippen LogP contribution is 2.23. The number of nitrogens with one attached hydrogen (secondary N) is 1. The van der Waals surface area contributed by atoms with Crippen molar-refractivity contribution in [2.45, 2.75) is 45.4 Å². The van der Waals surface area contributed by atoms with Crippen molar-refractivity contribution < 1.29 is 5.11 Å². The topological polar surface area (TPSA) is 50.1 Å². The molecule has 2 atom stereocenters. The predicted octanol–water partition coefficient (Wildman–Crippen LogP) is 2.38. The third-order valence-electron chi connectivity index (χ3n) is 3.46. The molecule has 4 heteroatoms. The Labute approximate surface area is 114 Å². The van der Waals surface area contributed by atoms with E-state index in [4.69, 9.17) is 0 Å². The maximum absolute atomic E-state index is 10.5. The molecule has 1 aromatic heterocycles. The fourth-order valence-corrected chi connectivity index (χ4v) is 2.43. The number of imidazole rings is 1. The summed E-state index contributed by atoms with van der Waals surface area (Å²) in [6.07, 6.45) is 2.18. The first-order valence-corrected chi connectivity index (χ1v) is 6.88. The average molecular weight is 261 g/mol. The maximum Gasteiger partial charge on any atom is 0.0955 e. The van der Waals surface area contributed by atoms with Crippen LogP contribution in [0, 0.1) is 0 Å². The summed E-state index contributed by atoms with van der Waals surface area (Å²) >= 11 is 0. The van der Waals surface area contributed by atoms with Crippen LogP contribution in [0.2, 0.25) is 0 Å². The molecule has 0 aliphatic heterocycles. The van der Waals surface area contributed by atoms with Crippen molar-refractivity contribution in [2.75, 3.05) is 0 Å². The molecule has 2 N–H and O–H groups in total. The minimum Gasteiger partial charge on any atom is -0.387 e. The molecule has 19 heavy (non-hydrogen) atoms. The standard InChI is InChI=1S/C15H23N3O/c1-5-12(17-10(2)3)15(19)11-6-7-14-13(8-11)16-9-18(14)4/h6-10,12,15,17,19H,5H2,1-4H3. The lowest BCUT2D eigenvalue weighted by molar-refractivity contribution is 0.121. The van der Waals surface area contributed by atoms with Gasteiger partial charge in [0, 0.05) is 19.1 Å². The third kappa shape index (κ3) is 2.96. The Morgan fingerprint density at radius 1 is 1.37 bits per heavy atom. The molecule has 1 heterocycles. The van der Waals surface area contributed by atoms with Crippen LogP contribution >= 0.6 is 0 Å². The van der Waals surface area contributed by atoms with Crippen LogP contribution < -0.4 is 5.32 Å². The van der Waals surface area contributed by atoms with E-state index in [2.05, 4.69) is 31.1 Å². The molecule has 0 aliphatic rings. The van der Waals surface area contributed by atoms with E-state index in [-0.39, 0.29) is 6.04 Å². The molecule has 0 bridgehead atoms. The monoisotopic (exact) mass is 261 g/mol. The van der Waals surface area contributed by atoms with Crippen molar-refractivity contribution in [3.05, 3.63) is 30.1 Å². The Bertz CT molecular complexity index is 547. The van der Waals surface area contributed by atoms with E-state index in [1.165, 1.54) is 0 Å². The summed E-state index contributed by atoms with van der Waals surface area (Å²) in [4.78, 5) is 4.34. The van der Waals surface area contributed by atoms with Crippen molar-refractivity contribution in [3.8, 4) is 0 Å². The van der Waals surface area contributed by atoms with Crippen LogP contribution in [0.3, 0.4) is 0 Å². The predicted molar refractivity (Wildman–Crippen MR) is 78.0 cm³/mol. The summed E-state index contributed by atoms with van der Waals surface area (Å²) in [6, 6.07) is 6.41. The highest BCUT2D eigenvalue weighted by molar-refractivity contribution is 5.76. The summed E-state index contributed by atoms with van der Waals surface area (Å²) in [7, 11) is 1.97. The number of rotatable bonds is 5. The fourth-order valence-electron chi connectivity index (χ4n) is 2.43. The molecule has 0 spiro atoms. The normalized spacial score (nSPS) is 15.1. The smallest absolute Gasteiger partial charge is 0.0955 e. The number of aliphatic hydroxyl groups excluding tert-OH is 1. The molecule has 0 radical (unpaired) electrons. The van der Waals surface area contributed by atoms with Crippen molar-refractivity contribution in [2.24, 2.45) is 7.05 Å². The van der Waals surface area contributed by atoms with E-state index in [0.29, 0.717) is 6.04 Å². The lowest BCUT2D eigenvalue weighted by Crippen LogP contribution is -2.38. The number of benzene rings is 1. The van der Waals surface area contributed by atoms with E-state index < -0.39 is 6.10 Å². The lowest BCUT2D eigenvalue weighted by Gasteiger charge is -2.25. The largest absolute Gasteiger partial charge is 0.387 e. The van der Waals surface area contributed by atoms with Crippen LogP contribution in [-0.2, 0) is 7.05 Å². The van der Waals surface area contributed by atoms with E-state index in [9.17, 15) is 5.11 Å². The lowest BCUT2D eigenvalue weighted by atomic mass is 9.99. The SMILES string of the molecule is CCC(NC(C)C)C(O)c1ccc2c(c1)ncn2C. The number of aromatic nitrogens is 2. The Kier molecular flexibility index (Phi) is 4.22. The number of hydrogen-bond acceptors (Lipinski definition) is 3. The Morgan fingerprint density at radius 2 is 2.11 bits per heavy atom. The number of nitrogens with zero attached hydrogens (tertiary/aromatic N) is 2. The van der Waals surface area contributed by atoms with Crippen LogP contribution in [-0.4, -0.2) is 26.7 Å². The first-order valence-electron chi connectivity index (χ1n) is 6.88. The Balaban J connectivity index is 2.26. The van der Waals surface area contributed by atoms with Gasteiger partial charge in [0.1, 0.15) is 0 Å². The molecule has 0 aliphatic carbocycles. The minimum absolute atomic E-state index is 0.0705. The Morgan fingerprint density at radius 3 is 2.74 bits per heavy atom. The van der Waals surface area contributed by atoms with Gasteiger partial charge in [-0.1, -0.05) is 26.8 Å². The second-order valence-electron chi connectivity index (χ2n) is 5.38. The van der Waals surface area contributed by atoms with E-state index >= 15 is 0 Å². The zero-order valence-corrected chi connectivity index (χ0v) is 12.1. The van der Waals surface area contributed by atoms with Gasteiger partial charge in [-0.2, -0.15) is 0 Å². The van der Waals surface area contributed by atoms with Crippen LogP contribution in [0.25, 0.3) is 11.0 Å². The molecular weight excluding hydrogens is 238 g/mol. The first-order chi connectivity index (χ1) is 9.02. The van der Waals surface area contributed by atoms with Crippen molar-refractivity contribution in [3.63, 3.8) is 0 Å². The van der Waals surface area contributed by atoms with Gasteiger partial charge in [0.05, 0.1) is 23.5 Å². The van der Waals surface area contributed by atoms with Crippen LogP contribution in [0.5, 0.6) is 0 Å². The van der Waals surface area contributed by atoms with Gasteiger partial charge in [-0.25, -0.2) is 4.98 Å². The fraction of sp³-hybridized carbons (Fsp3) is 0.533. The molecule has 0 saturated heterocycles. The molecule has 2 rings (SSSR count). The van der Waals surface area contributed by atoms with Crippen LogP contribution in [0.4, 0.5) is 0 Å². The van der Waals surface area contributed by atoms with Gasteiger partial charge in [0.2, 0.25) is 0 Å². The Hall–Kier alpha value is -1.39. The number of hydrogen-bond donors (Lipinski definition) is 2. The summed E-state index contributed by atoms with van der Waals surface area (Å²) in [5.41, 5.74) is 2.94. The molecule has 0 amide bonds. The van der Waals surface area contributed by atoms with Gasteiger partial charge < -0.3 is 15.0 Å². The highest BCUT2D eigenvalue weighted by atomic mass is 16.3. The van der Waals surface area contributed by atoms with Crippen molar-refractivity contribution in [1.82, 2.24) is 14.9 Å². The zero-order valence-electron chi connectivity index (χ0n) is 12.1. The van der Waals surface area contributed by atoms with E-state index in [1.54, 1.807) is 6.33 Å². The average Bonchev–Trinajstić information content (AvgIpc) is 2.76. The number of fused-ring (bicyclic) bond motifs is 1. The van der Waals surface area contributed by atoms with Gasteiger partial charge in [-0.15, -0.1) is 0 Å². The molecular formula is C15H23N3O. The highest BCUT2D eigenvalue weighted by Gasteiger charge is 2.20. The first kappa shape index (κ1) is 14.0. The second-order valence-corrected chi connectivity index (χ2v) is 5.38. The number of aryl methyl sites for hydroxylation is 1. The van der Waals surface area contributed by atoms with Gasteiger partial charge in [0.15, 0.2) is 0 Å². The van der Waals surface area contributed by atoms with Gasteiger partial charge in [0.25, 0.3) is 0 Å². The van der Waals surface area contributed by atoms with Crippen LogP contribution in [0.15, 0.2) is 24.5 Å². The molecule has 2 aromatic rings. The molecule has 4 nitrogen and oxygen atoms in total. The molecule has 0 fully saturated rings. The van der Waals surface area contributed by atoms with E-state index in [1.807, 2.05) is 29.8 Å². The van der Waals surface area contributed by atoms with E-state index in [0.717, 1.165) is 23.0 Å². The van der Waals surface area contributed by atoms with Crippen molar-refractivity contribution >= 4 is 11.0 Å². The second kappa shape index (κ2) is 5.72. The third-order valence-corrected chi connectivity index (χ3v) is 3.46. The zero-order chi connectivity index (χ0) is 14.0. The summed E-state index contributed by atoms with van der Waals surface area (Å²) < 4.78 is 1.98. The van der Waals surface area contributed by atoms with Gasteiger partial charge >= 0.3 is 0 Å². The number of aliphatic hydroxyl groups is 1. The summed E-state index contributed by atoms with van der Waals surface area (Å²) in [6.45, 7) is 6.28. The quantitative estimate of drug-likeness (QED) is 0.869. The summed E-state index contributed by atoms with van der Waals surface area (Å²) in [5, 5.41) is 13.9. The van der Waals surface area contributed by atoms with Crippen LogP contribution in [0.1, 0.15) is 38.9 Å². The molecule has 104 valence electrons.